The molecule has 0 saturated heterocycles. The Hall–Kier alpha value is -3.36. The molecule has 3 aromatic rings. The van der Waals surface area contributed by atoms with Gasteiger partial charge in [0.15, 0.2) is 5.69 Å². The molecule has 0 saturated carbocycles. The number of benzene rings is 1. The van der Waals surface area contributed by atoms with Crippen molar-refractivity contribution in [1.29, 1.82) is 0 Å². The fraction of sp³-hybridized carbons (Fsp3) is 0.250. The first-order chi connectivity index (χ1) is 13.7. The lowest BCUT2D eigenvalue weighted by Crippen LogP contribution is -2.38. The van der Waals surface area contributed by atoms with Gasteiger partial charge in [0.05, 0.1) is 17.5 Å². The van der Waals surface area contributed by atoms with Crippen molar-refractivity contribution in [3.05, 3.63) is 81.7 Å². The van der Waals surface area contributed by atoms with E-state index in [0.717, 1.165) is 16.8 Å². The second kappa shape index (κ2) is 7.94. The van der Waals surface area contributed by atoms with Gasteiger partial charge in [-0.15, -0.1) is 0 Å². The molecule has 9 heteroatoms. The van der Waals surface area contributed by atoms with E-state index in [-0.39, 0.29) is 17.4 Å². The van der Waals surface area contributed by atoms with E-state index in [1.807, 2.05) is 0 Å². The third kappa shape index (κ3) is 4.56. The normalized spacial score (nSPS) is 12.6. The number of carbonyl (C=O) groups excluding carboxylic acids is 1. The summed E-state index contributed by atoms with van der Waals surface area (Å²) in [6.45, 7) is 3.16. The van der Waals surface area contributed by atoms with Crippen molar-refractivity contribution in [2.75, 3.05) is 0 Å². The number of nitrogens with one attached hydrogen (secondary N) is 1. The molecule has 1 N–H and O–H groups in total. The highest BCUT2D eigenvalue weighted by Crippen LogP contribution is 2.33. The maximum Gasteiger partial charge on any atom is 0.418 e. The number of amides is 1. The monoisotopic (exact) mass is 405 g/mol. The van der Waals surface area contributed by atoms with Gasteiger partial charge in [-0.3, -0.25) is 9.59 Å². The highest BCUT2D eigenvalue weighted by atomic mass is 19.4. The molecule has 1 aromatic carbocycles. The van der Waals surface area contributed by atoms with E-state index in [2.05, 4.69) is 10.4 Å². The lowest BCUT2D eigenvalue weighted by Gasteiger charge is -2.17. The Bertz CT molecular complexity index is 1070. The zero-order chi connectivity index (χ0) is 21.2. The lowest BCUT2D eigenvalue weighted by molar-refractivity contribution is -0.137. The average molecular weight is 405 g/mol. The van der Waals surface area contributed by atoms with Gasteiger partial charge in [-0.1, -0.05) is 12.1 Å². The van der Waals surface area contributed by atoms with Crippen LogP contribution >= 0.6 is 0 Å². The Morgan fingerprint density at radius 2 is 1.97 bits per heavy atom. The molecule has 6 nitrogen and oxygen atoms in total. The molecular weight excluding hydrogens is 387 g/mol. The molecule has 0 bridgehead atoms. The van der Waals surface area contributed by atoms with Crippen LogP contribution in [0.3, 0.4) is 0 Å². The van der Waals surface area contributed by atoms with Gasteiger partial charge in [0.1, 0.15) is 5.76 Å². The summed E-state index contributed by atoms with van der Waals surface area (Å²) in [5, 5.41) is 6.56. The lowest BCUT2D eigenvalue weighted by atomic mass is 10.1. The van der Waals surface area contributed by atoms with Crippen LogP contribution < -0.4 is 10.7 Å². The Morgan fingerprint density at radius 3 is 2.62 bits per heavy atom. The molecule has 1 unspecified atom stereocenters. The summed E-state index contributed by atoms with van der Waals surface area (Å²) in [6, 6.07) is 8.99. The van der Waals surface area contributed by atoms with Crippen LogP contribution in [-0.2, 0) is 12.6 Å². The quantitative estimate of drug-likeness (QED) is 0.705. The number of alkyl halides is 3. The third-order valence-corrected chi connectivity index (χ3v) is 4.23. The summed E-state index contributed by atoms with van der Waals surface area (Å²) < 4.78 is 46.3. The van der Waals surface area contributed by atoms with Gasteiger partial charge in [0.2, 0.25) is 5.43 Å². The summed E-state index contributed by atoms with van der Waals surface area (Å²) in [7, 11) is 0. The molecule has 152 valence electrons. The van der Waals surface area contributed by atoms with Crippen LogP contribution in [0, 0.1) is 6.92 Å². The SMILES string of the molecule is Cc1cc(=O)c(C(=O)NC(C)Cc2ccco2)nn1-c1ccccc1C(F)(F)F. The topological polar surface area (TPSA) is 77.1 Å². The van der Waals surface area contributed by atoms with E-state index in [9.17, 15) is 22.8 Å². The molecule has 0 fully saturated rings. The zero-order valence-corrected chi connectivity index (χ0v) is 15.7. The second-order valence-electron chi connectivity index (χ2n) is 6.58. The van der Waals surface area contributed by atoms with Crippen molar-refractivity contribution < 1.29 is 22.4 Å². The van der Waals surface area contributed by atoms with E-state index in [0.29, 0.717) is 12.2 Å². The second-order valence-corrected chi connectivity index (χ2v) is 6.58. The average Bonchev–Trinajstić information content (AvgIpc) is 3.13. The van der Waals surface area contributed by atoms with Crippen LogP contribution in [-0.4, -0.2) is 21.7 Å². The van der Waals surface area contributed by atoms with Crippen LogP contribution in [0.15, 0.2) is 57.9 Å². The number of para-hydroxylation sites is 1. The van der Waals surface area contributed by atoms with Crippen molar-refractivity contribution in [3.63, 3.8) is 0 Å². The molecule has 0 aliphatic heterocycles. The third-order valence-electron chi connectivity index (χ3n) is 4.23. The summed E-state index contributed by atoms with van der Waals surface area (Å²) >= 11 is 0. The largest absolute Gasteiger partial charge is 0.469 e. The van der Waals surface area contributed by atoms with E-state index >= 15 is 0 Å². The number of furan rings is 1. The van der Waals surface area contributed by atoms with E-state index in [1.54, 1.807) is 19.1 Å². The number of aromatic nitrogens is 2. The smallest absolute Gasteiger partial charge is 0.418 e. The molecule has 1 atom stereocenters. The minimum absolute atomic E-state index is 0.173. The van der Waals surface area contributed by atoms with Crippen LogP contribution in [0.1, 0.15) is 34.4 Å². The Labute approximate surface area is 164 Å². The van der Waals surface area contributed by atoms with Crippen molar-refractivity contribution in [1.82, 2.24) is 15.1 Å². The minimum atomic E-state index is -4.62. The first-order valence-corrected chi connectivity index (χ1v) is 8.77. The molecule has 29 heavy (non-hydrogen) atoms. The van der Waals surface area contributed by atoms with Crippen molar-refractivity contribution in [2.45, 2.75) is 32.5 Å². The van der Waals surface area contributed by atoms with Crippen LogP contribution in [0.25, 0.3) is 5.69 Å². The minimum Gasteiger partial charge on any atom is -0.469 e. The van der Waals surface area contributed by atoms with E-state index < -0.39 is 28.8 Å². The predicted octanol–water partition coefficient (Wildman–Crippen LogP) is 3.51. The Balaban J connectivity index is 1.95. The van der Waals surface area contributed by atoms with Gasteiger partial charge in [-0.05, 0) is 38.1 Å². The summed E-state index contributed by atoms with van der Waals surface area (Å²) in [4.78, 5) is 24.8. The van der Waals surface area contributed by atoms with Crippen molar-refractivity contribution in [2.24, 2.45) is 0 Å². The molecule has 0 aliphatic rings. The highest BCUT2D eigenvalue weighted by molar-refractivity contribution is 5.92. The number of carbonyl (C=O) groups is 1. The van der Waals surface area contributed by atoms with Crippen molar-refractivity contribution >= 4 is 5.91 Å². The molecule has 0 aliphatic carbocycles. The maximum atomic E-state index is 13.4. The van der Waals surface area contributed by atoms with Gasteiger partial charge in [-0.2, -0.15) is 18.3 Å². The van der Waals surface area contributed by atoms with Crippen LogP contribution in [0.4, 0.5) is 13.2 Å². The molecule has 0 radical (unpaired) electrons. The zero-order valence-electron chi connectivity index (χ0n) is 15.7. The van der Waals surface area contributed by atoms with Gasteiger partial charge in [0, 0.05) is 24.2 Å². The number of rotatable bonds is 5. The number of nitrogens with zero attached hydrogens (tertiary/aromatic N) is 2. The maximum absolute atomic E-state index is 13.4. The van der Waals surface area contributed by atoms with Crippen LogP contribution in [0.2, 0.25) is 0 Å². The Kier molecular flexibility index (Phi) is 5.58. The molecular formula is C20H18F3N3O3. The highest BCUT2D eigenvalue weighted by Gasteiger charge is 2.34. The molecule has 3 rings (SSSR count). The number of halogens is 3. The predicted molar refractivity (Wildman–Crippen MR) is 98.9 cm³/mol. The standard InChI is InChI=1S/C20H18F3N3O3/c1-12(10-14-6-5-9-29-14)24-19(28)18-17(27)11-13(2)26(25-18)16-8-4-3-7-15(16)20(21,22)23/h3-9,11-12H,10H2,1-2H3,(H,24,28). The van der Waals surface area contributed by atoms with Gasteiger partial charge in [0.25, 0.3) is 5.91 Å². The summed E-state index contributed by atoms with van der Waals surface area (Å²) in [5.74, 6) is -0.126. The van der Waals surface area contributed by atoms with Crippen LogP contribution in [0.5, 0.6) is 0 Å². The van der Waals surface area contributed by atoms with Gasteiger partial charge in [-0.25, -0.2) is 4.68 Å². The number of hydrogen-bond donors (Lipinski definition) is 1. The molecule has 2 aromatic heterocycles. The van der Waals surface area contributed by atoms with E-state index in [1.165, 1.54) is 31.4 Å². The summed E-state index contributed by atoms with van der Waals surface area (Å²) in [6.07, 6.45) is -2.73. The first-order valence-electron chi connectivity index (χ1n) is 8.77. The molecule has 2 heterocycles. The fourth-order valence-corrected chi connectivity index (χ4v) is 2.92. The summed E-state index contributed by atoms with van der Waals surface area (Å²) in [5.41, 5.74) is -2.18. The van der Waals surface area contributed by atoms with Gasteiger partial charge >= 0.3 is 6.18 Å². The molecule has 1 amide bonds. The number of aryl methyl sites for hydroxylation is 1. The first kappa shape index (κ1) is 20.4. The van der Waals surface area contributed by atoms with E-state index in [4.69, 9.17) is 4.42 Å². The Morgan fingerprint density at radius 1 is 1.24 bits per heavy atom. The number of hydrogen-bond acceptors (Lipinski definition) is 4. The van der Waals surface area contributed by atoms with Crippen molar-refractivity contribution in [3.8, 4) is 5.69 Å². The molecule has 0 spiro atoms. The van der Waals surface area contributed by atoms with Gasteiger partial charge < -0.3 is 9.73 Å². The fourth-order valence-electron chi connectivity index (χ4n) is 2.92.